The van der Waals surface area contributed by atoms with Gasteiger partial charge in [-0.1, -0.05) is 0 Å². The number of nitrogens with zero attached hydrogens (tertiary/aromatic N) is 3. The molecule has 1 aliphatic heterocycles. The summed E-state index contributed by atoms with van der Waals surface area (Å²) >= 11 is 1.67. The first-order chi connectivity index (χ1) is 13.0. The molecule has 0 unspecified atom stereocenters. The monoisotopic (exact) mass is 385 g/mol. The van der Waals surface area contributed by atoms with Crippen LogP contribution in [0.25, 0.3) is 22.4 Å². The number of nitrogens with one attached hydrogen (secondary N) is 2. The minimum Gasteiger partial charge on any atom is -0.426 e. The molecular weight excluding hydrogens is 370 g/mol. The molecule has 1 fully saturated rings. The molecular formula is C17H15N5O4S. The average molecular weight is 385 g/mol. The normalized spacial score (nSPS) is 16.5. The summed E-state index contributed by atoms with van der Waals surface area (Å²) in [6, 6.07) is 10.8. The van der Waals surface area contributed by atoms with Gasteiger partial charge in [-0.2, -0.15) is 4.73 Å². The van der Waals surface area contributed by atoms with Crippen molar-refractivity contribution in [2.24, 2.45) is 0 Å². The zero-order valence-electron chi connectivity index (χ0n) is 14.0. The second-order valence-corrected chi connectivity index (χ2v) is 7.05. The van der Waals surface area contributed by atoms with E-state index < -0.39 is 4.92 Å². The van der Waals surface area contributed by atoms with Gasteiger partial charge in [0.05, 0.1) is 16.5 Å². The van der Waals surface area contributed by atoms with Gasteiger partial charge in [-0.25, -0.2) is 4.98 Å². The molecule has 1 atom stereocenters. The molecule has 1 aromatic heterocycles. The van der Waals surface area contributed by atoms with Gasteiger partial charge in [-0.15, -0.1) is 11.8 Å². The highest BCUT2D eigenvalue weighted by Gasteiger charge is 2.22. The van der Waals surface area contributed by atoms with Crippen LogP contribution < -0.4 is 10.6 Å². The summed E-state index contributed by atoms with van der Waals surface area (Å²) in [6.45, 7) is 0. The van der Waals surface area contributed by atoms with Gasteiger partial charge < -0.3 is 10.5 Å². The zero-order chi connectivity index (χ0) is 19.0. The highest BCUT2D eigenvalue weighted by atomic mass is 32.2. The number of non-ortho nitro benzene ring substituents is 1. The summed E-state index contributed by atoms with van der Waals surface area (Å²) in [7, 11) is 0. The topological polar surface area (TPSA) is 122 Å². The Balaban J connectivity index is 1.59. The SMILES string of the molecule is O=C(Nc1ccc(-c2nc3ccc([N+](=O)[O-])cc3n2O)cc1)[C@H]1CSCN1. The maximum atomic E-state index is 12.1. The molecule has 4 rings (SSSR count). The first-order valence-corrected chi connectivity index (χ1v) is 9.27. The second-order valence-electron chi connectivity index (χ2n) is 6.02. The first-order valence-electron chi connectivity index (χ1n) is 8.11. The molecule has 1 aliphatic rings. The molecule has 2 heterocycles. The number of nitro benzene ring substituents is 1. The number of carbonyl (C=O) groups is 1. The molecule has 27 heavy (non-hydrogen) atoms. The Morgan fingerprint density at radius 3 is 2.78 bits per heavy atom. The van der Waals surface area contributed by atoms with Crippen LogP contribution in [-0.4, -0.2) is 43.4 Å². The number of aromatic nitrogens is 2. The Kier molecular flexibility index (Phi) is 4.42. The largest absolute Gasteiger partial charge is 0.426 e. The van der Waals surface area contributed by atoms with E-state index in [1.807, 2.05) is 0 Å². The molecule has 1 saturated heterocycles. The van der Waals surface area contributed by atoms with E-state index in [2.05, 4.69) is 15.6 Å². The molecule has 3 N–H and O–H groups in total. The van der Waals surface area contributed by atoms with Gasteiger partial charge in [-0.3, -0.25) is 20.2 Å². The van der Waals surface area contributed by atoms with Crippen LogP contribution in [0.1, 0.15) is 0 Å². The van der Waals surface area contributed by atoms with E-state index in [1.165, 1.54) is 18.2 Å². The molecule has 3 aromatic rings. The van der Waals surface area contributed by atoms with Crippen molar-refractivity contribution in [1.82, 2.24) is 15.0 Å². The summed E-state index contributed by atoms with van der Waals surface area (Å²) in [5.41, 5.74) is 1.82. The fraction of sp³-hybridized carbons (Fsp3) is 0.176. The summed E-state index contributed by atoms with van der Waals surface area (Å²) < 4.78 is 0.829. The molecule has 0 radical (unpaired) electrons. The molecule has 10 heteroatoms. The molecule has 0 bridgehead atoms. The number of amides is 1. The number of thioether (sulfide) groups is 1. The van der Waals surface area contributed by atoms with E-state index in [4.69, 9.17) is 0 Å². The third kappa shape index (κ3) is 3.32. The third-order valence-corrected chi connectivity index (χ3v) is 5.21. The molecule has 1 amide bonds. The van der Waals surface area contributed by atoms with Crippen molar-refractivity contribution in [3.63, 3.8) is 0 Å². The van der Waals surface area contributed by atoms with Gasteiger partial charge >= 0.3 is 0 Å². The first kappa shape index (κ1) is 17.3. The fourth-order valence-electron chi connectivity index (χ4n) is 2.85. The van der Waals surface area contributed by atoms with Crippen LogP contribution in [0.3, 0.4) is 0 Å². The maximum Gasteiger partial charge on any atom is 0.271 e. The van der Waals surface area contributed by atoms with Crippen LogP contribution in [-0.2, 0) is 4.79 Å². The van der Waals surface area contributed by atoms with Crippen molar-refractivity contribution < 1.29 is 14.9 Å². The molecule has 0 saturated carbocycles. The number of carbonyl (C=O) groups excluding carboxylic acids is 1. The van der Waals surface area contributed by atoms with Crippen LogP contribution in [0, 0.1) is 10.1 Å². The average Bonchev–Trinajstić information content (AvgIpc) is 3.31. The number of nitro groups is 1. The van der Waals surface area contributed by atoms with E-state index in [-0.39, 0.29) is 29.0 Å². The Bertz CT molecular complexity index is 1030. The van der Waals surface area contributed by atoms with Gasteiger partial charge in [0.1, 0.15) is 5.52 Å². The van der Waals surface area contributed by atoms with Crippen LogP contribution in [0.4, 0.5) is 11.4 Å². The minimum absolute atomic E-state index is 0.0885. The van der Waals surface area contributed by atoms with Crippen molar-refractivity contribution in [2.45, 2.75) is 6.04 Å². The lowest BCUT2D eigenvalue weighted by atomic mass is 10.2. The number of hydrogen-bond donors (Lipinski definition) is 3. The highest BCUT2D eigenvalue weighted by molar-refractivity contribution is 7.99. The lowest BCUT2D eigenvalue weighted by Gasteiger charge is -2.10. The highest BCUT2D eigenvalue weighted by Crippen LogP contribution is 2.27. The lowest BCUT2D eigenvalue weighted by molar-refractivity contribution is -0.384. The summed E-state index contributed by atoms with van der Waals surface area (Å²) in [4.78, 5) is 26.8. The van der Waals surface area contributed by atoms with Crippen molar-refractivity contribution in [1.29, 1.82) is 0 Å². The van der Waals surface area contributed by atoms with Crippen LogP contribution in [0.15, 0.2) is 42.5 Å². The van der Waals surface area contributed by atoms with Gasteiger partial charge in [0.25, 0.3) is 5.69 Å². The van der Waals surface area contributed by atoms with Crippen molar-refractivity contribution in [3.8, 4) is 11.4 Å². The fourth-order valence-corrected chi connectivity index (χ4v) is 3.79. The predicted molar refractivity (Wildman–Crippen MR) is 102 cm³/mol. The van der Waals surface area contributed by atoms with Crippen LogP contribution in [0.5, 0.6) is 0 Å². The van der Waals surface area contributed by atoms with Crippen LogP contribution in [0.2, 0.25) is 0 Å². The quantitative estimate of drug-likeness (QED) is 0.358. The van der Waals surface area contributed by atoms with Crippen LogP contribution >= 0.6 is 11.8 Å². The number of imidazole rings is 1. The molecule has 2 aromatic carbocycles. The maximum absolute atomic E-state index is 12.1. The molecule has 138 valence electrons. The summed E-state index contributed by atoms with van der Waals surface area (Å²) in [6.07, 6.45) is 0. The van der Waals surface area contributed by atoms with E-state index in [0.717, 1.165) is 16.4 Å². The van der Waals surface area contributed by atoms with Gasteiger partial charge in [0.15, 0.2) is 5.82 Å². The standard InChI is InChI=1S/C17H15N5O4S/c23-17(14-8-27-9-18-14)19-11-3-1-10(2-4-11)16-20-13-6-5-12(22(25)26)7-15(13)21(16)24/h1-7,14,18,24H,8-9H2,(H,19,23)/t14-/m1/s1. The number of rotatable bonds is 4. The van der Waals surface area contributed by atoms with Crippen molar-refractivity contribution in [3.05, 3.63) is 52.6 Å². The van der Waals surface area contributed by atoms with E-state index in [1.54, 1.807) is 36.0 Å². The molecule has 0 aliphatic carbocycles. The minimum atomic E-state index is -0.526. The Labute approximate surface area is 157 Å². The van der Waals surface area contributed by atoms with Gasteiger partial charge in [0, 0.05) is 35.0 Å². The predicted octanol–water partition coefficient (Wildman–Crippen LogP) is 2.45. The Morgan fingerprint density at radius 1 is 1.33 bits per heavy atom. The Morgan fingerprint density at radius 2 is 2.11 bits per heavy atom. The zero-order valence-corrected chi connectivity index (χ0v) is 14.8. The van der Waals surface area contributed by atoms with Gasteiger partial charge in [0.2, 0.25) is 5.91 Å². The van der Waals surface area contributed by atoms with E-state index >= 15 is 0 Å². The van der Waals surface area contributed by atoms with E-state index in [9.17, 15) is 20.1 Å². The smallest absolute Gasteiger partial charge is 0.271 e. The number of anilines is 1. The second kappa shape index (κ2) is 6.89. The van der Waals surface area contributed by atoms with E-state index in [0.29, 0.717) is 16.8 Å². The summed E-state index contributed by atoms with van der Waals surface area (Å²) in [5, 5.41) is 27.2. The number of hydrogen-bond acceptors (Lipinski definition) is 7. The third-order valence-electron chi connectivity index (χ3n) is 4.27. The van der Waals surface area contributed by atoms with Gasteiger partial charge in [-0.05, 0) is 30.3 Å². The number of benzene rings is 2. The Hall–Kier alpha value is -3.11. The molecule has 0 spiro atoms. The van der Waals surface area contributed by atoms with Crippen molar-refractivity contribution in [2.75, 3.05) is 16.9 Å². The number of fused-ring (bicyclic) bond motifs is 1. The lowest BCUT2D eigenvalue weighted by Crippen LogP contribution is -2.37. The molecule has 9 nitrogen and oxygen atoms in total. The summed E-state index contributed by atoms with van der Waals surface area (Å²) in [5.74, 6) is 1.68. The van der Waals surface area contributed by atoms with Crippen molar-refractivity contribution >= 4 is 40.1 Å².